The van der Waals surface area contributed by atoms with E-state index in [-0.39, 0.29) is 6.10 Å². The molecule has 0 saturated carbocycles. The Bertz CT molecular complexity index is 375. The van der Waals surface area contributed by atoms with E-state index in [9.17, 15) is 5.11 Å². The molecule has 0 spiro atoms. The molecule has 2 nitrogen and oxygen atoms in total. The van der Waals surface area contributed by atoms with Gasteiger partial charge in [-0.25, -0.2) is 0 Å². The van der Waals surface area contributed by atoms with Crippen molar-refractivity contribution in [3.05, 3.63) is 47.5 Å². The van der Waals surface area contributed by atoms with Gasteiger partial charge >= 0.3 is 0 Å². The van der Waals surface area contributed by atoms with Crippen molar-refractivity contribution in [3.63, 3.8) is 0 Å². The molecule has 0 bridgehead atoms. The maximum absolute atomic E-state index is 9.70. The van der Waals surface area contributed by atoms with Gasteiger partial charge in [-0.1, -0.05) is 36.4 Å². The third kappa shape index (κ3) is 4.77. The molecule has 0 fully saturated rings. The van der Waals surface area contributed by atoms with E-state index < -0.39 is 0 Å². The van der Waals surface area contributed by atoms with Crippen molar-refractivity contribution in [2.45, 2.75) is 32.3 Å². The summed E-state index contributed by atoms with van der Waals surface area (Å²) in [5.74, 6) is 0. The number of rotatable bonds is 5. The van der Waals surface area contributed by atoms with Crippen molar-refractivity contribution >= 4 is 0 Å². The van der Waals surface area contributed by atoms with E-state index >= 15 is 0 Å². The van der Waals surface area contributed by atoms with Crippen LogP contribution in [0.2, 0.25) is 0 Å². The van der Waals surface area contributed by atoms with Gasteiger partial charge in [-0.15, -0.1) is 0 Å². The molecule has 0 aliphatic rings. The highest BCUT2D eigenvalue weighted by molar-refractivity contribution is 5.17. The molecule has 0 heterocycles. The molecule has 0 unspecified atom stereocenters. The minimum atomic E-state index is -0.358. The molecule has 1 aromatic rings. The van der Waals surface area contributed by atoms with Crippen molar-refractivity contribution < 1.29 is 5.11 Å². The molecule has 0 radical (unpaired) electrons. The molecule has 1 atom stereocenters. The Hall–Kier alpha value is -1.59. The summed E-state index contributed by atoms with van der Waals surface area (Å²) in [7, 11) is 0. The van der Waals surface area contributed by atoms with E-state index in [0.29, 0.717) is 12.0 Å². The Kier molecular flexibility index (Phi) is 5.31. The van der Waals surface area contributed by atoms with Crippen LogP contribution >= 0.6 is 0 Å². The van der Waals surface area contributed by atoms with Gasteiger partial charge in [-0.05, 0) is 31.7 Å². The molecule has 1 N–H and O–H groups in total. The zero-order valence-corrected chi connectivity index (χ0v) is 9.56. The van der Waals surface area contributed by atoms with Crippen LogP contribution in [0.4, 0.5) is 0 Å². The quantitative estimate of drug-likeness (QED) is 0.767. The highest BCUT2D eigenvalue weighted by atomic mass is 16.3. The van der Waals surface area contributed by atoms with E-state index in [0.717, 1.165) is 12.8 Å². The van der Waals surface area contributed by atoms with E-state index in [4.69, 9.17) is 5.26 Å². The van der Waals surface area contributed by atoms with Crippen LogP contribution in [0.15, 0.2) is 42.0 Å². The lowest BCUT2D eigenvalue weighted by Gasteiger charge is -2.07. The van der Waals surface area contributed by atoms with Gasteiger partial charge in [-0.2, -0.15) is 5.26 Å². The molecule has 84 valence electrons. The topological polar surface area (TPSA) is 44.0 Å². The Balaban J connectivity index is 2.31. The second-order valence-corrected chi connectivity index (χ2v) is 3.91. The van der Waals surface area contributed by atoms with Gasteiger partial charge in [0.15, 0.2) is 0 Å². The molecule has 0 aliphatic carbocycles. The summed E-state index contributed by atoms with van der Waals surface area (Å²) in [6.45, 7) is 1.75. The number of aryl methyl sites for hydroxylation is 1. The van der Waals surface area contributed by atoms with Gasteiger partial charge in [0.1, 0.15) is 0 Å². The standard InChI is InChI=1S/C14H17NO/c1-12(11-15)7-9-14(16)10-8-13-5-3-2-4-6-13/h2-7,14,16H,8-10H2,1H3/b12-7+/t14-/m1/s1. The molecule has 1 aromatic carbocycles. The fraction of sp³-hybridized carbons (Fsp3) is 0.357. The van der Waals surface area contributed by atoms with Crippen LogP contribution in [0.5, 0.6) is 0 Å². The summed E-state index contributed by atoms with van der Waals surface area (Å²) in [6.07, 6.45) is 3.60. The van der Waals surface area contributed by atoms with Crippen LogP contribution in [0.25, 0.3) is 0 Å². The van der Waals surface area contributed by atoms with Crippen molar-refractivity contribution in [2.24, 2.45) is 0 Å². The fourth-order valence-electron chi connectivity index (χ4n) is 1.45. The number of hydrogen-bond donors (Lipinski definition) is 1. The Morgan fingerprint density at radius 1 is 1.44 bits per heavy atom. The SMILES string of the molecule is C/C(C#N)=C\C[C@@H](O)CCc1ccccc1. The number of benzene rings is 1. The lowest BCUT2D eigenvalue weighted by Crippen LogP contribution is -2.06. The highest BCUT2D eigenvalue weighted by Crippen LogP contribution is 2.08. The predicted molar refractivity (Wildman–Crippen MR) is 64.8 cm³/mol. The first kappa shape index (κ1) is 12.5. The van der Waals surface area contributed by atoms with Gasteiger partial charge in [-0.3, -0.25) is 0 Å². The largest absolute Gasteiger partial charge is 0.393 e. The van der Waals surface area contributed by atoms with Gasteiger partial charge in [0.25, 0.3) is 0 Å². The fourth-order valence-corrected chi connectivity index (χ4v) is 1.45. The zero-order valence-electron chi connectivity index (χ0n) is 9.56. The molecule has 0 amide bonds. The number of aliphatic hydroxyl groups excluding tert-OH is 1. The predicted octanol–water partition coefficient (Wildman–Crippen LogP) is 2.84. The summed E-state index contributed by atoms with van der Waals surface area (Å²) < 4.78 is 0. The molecular formula is C14H17NO. The average molecular weight is 215 g/mol. The summed E-state index contributed by atoms with van der Waals surface area (Å²) in [4.78, 5) is 0. The lowest BCUT2D eigenvalue weighted by molar-refractivity contribution is 0.168. The van der Waals surface area contributed by atoms with Gasteiger partial charge in [0, 0.05) is 5.57 Å². The van der Waals surface area contributed by atoms with E-state index in [1.807, 2.05) is 24.3 Å². The summed E-state index contributed by atoms with van der Waals surface area (Å²) in [5, 5.41) is 18.3. The summed E-state index contributed by atoms with van der Waals surface area (Å²) in [5.41, 5.74) is 1.90. The smallest absolute Gasteiger partial charge is 0.0940 e. The van der Waals surface area contributed by atoms with E-state index in [2.05, 4.69) is 12.1 Å². The van der Waals surface area contributed by atoms with Crippen LogP contribution < -0.4 is 0 Å². The molecular weight excluding hydrogens is 198 g/mol. The third-order valence-electron chi connectivity index (χ3n) is 2.48. The molecule has 0 aliphatic heterocycles. The monoisotopic (exact) mass is 215 g/mol. The van der Waals surface area contributed by atoms with Crippen LogP contribution in [-0.4, -0.2) is 11.2 Å². The molecule has 1 rings (SSSR count). The molecule has 0 aromatic heterocycles. The number of hydrogen-bond acceptors (Lipinski definition) is 2. The summed E-state index contributed by atoms with van der Waals surface area (Å²) in [6, 6.07) is 12.1. The van der Waals surface area contributed by atoms with Gasteiger partial charge in [0.05, 0.1) is 12.2 Å². The maximum atomic E-state index is 9.70. The van der Waals surface area contributed by atoms with E-state index in [1.165, 1.54) is 5.56 Å². The number of allylic oxidation sites excluding steroid dienone is 1. The molecule has 0 saturated heterocycles. The Morgan fingerprint density at radius 3 is 2.75 bits per heavy atom. The van der Waals surface area contributed by atoms with E-state index in [1.54, 1.807) is 13.0 Å². The highest BCUT2D eigenvalue weighted by Gasteiger charge is 2.02. The maximum Gasteiger partial charge on any atom is 0.0940 e. The Morgan fingerprint density at radius 2 is 2.12 bits per heavy atom. The van der Waals surface area contributed by atoms with Crippen molar-refractivity contribution in [1.82, 2.24) is 0 Å². The lowest BCUT2D eigenvalue weighted by atomic mass is 10.0. The second kappa shape index (κ2) is 6.81. The van der Waals surface area contributed by atoms with Crippen LogP contribution in [0.1, 0.15) is 25.3 Å². The zero-order chi connectivity index (χ0) is 11.8. The normalized spacial score (nSPS) is 13.2. The van der Waals surface area contributed by atoms with Crippen LogP contribution in [0, 0.1) is 11.3 Å². The number of nitriles is 1. The molecule has 16 heavy (non-hydrogen) atoms. The Labute approximate surface area is 96.8 Å². The van der Waals surface area contributed by atoms with Crippen molar-refractivity contribution in [2.75, 3.05) is 0 Å². The minimum Gasteiger partial charge on any atom is -0.393 e. The summed E-state index contributed by atoms with van der Waals surface area (Å²) >= 11 is 0. The van der Waals surface area contributed by atoms with Crippen molar-refractivity contribution in [3.8, 4) is 6.07 Å². The first-order chi connectivity index (χ1) is 7.72. The number of nitrogens with zero attached hydrogens (tertiary/aromatic N) is 1. The van der Waals surface area contributed by atoms with Crippen molar-refractivity contribution in [1.29, 1.82) is 5.26 Å². The average Bonchev–Trinajstić information content (AvgIpc) is 2.34. The van der Waals surface area contributed by atoms with Crippen LogP contribution in [-0.2, 0) is 6.42 Å². The molecule has 2 heteroatoms. The van der Waals surface area contributed by atoms with Gasteiger partial charge in [0.2, 0.25) is 0 Å². The van der Waals surface area contributed by atoms with Gasteiger partial charge < -0.3 is 5.11 Å². The second-order valence-electron chi connectivity index (χ2n) is 3.91. The first-order valence-electron chi connectivity index (χ1n) is 5.51. The number of aliphatic hydroxyl groups is 1. The first-order valence-corrected chi connectivity index (χ1v) is 5.51. The van der Waals surface area contributed by atoms with Crippen LogP contribution in [0.3, 0.4) is 0 Å². The minimum absolute atomic E-state index is 0.358. The third-order valence-corrected chi connectivity index (χ3v) is 2.48.